The van der Waals surface area contributed by atoms with Gasteiger partial charge >= 0.3 is 0 Å². The fourth-order valence-electron chi connectivity index (χ4n) is 2.31. The zero-order valence-corrected chi connectivity index (χ0v) is 11.9. The number of carbonyl (C=O) groups excluding carboxylic acids is 1. The number of carbonyl (C=O) groups is 1. The molecule has 1 fully saturated rings. The van der Waals surface area contributed by atoms with Gasteiger partial charge in [0.2, 0.25) is 5.91 Å². The highest BCUT2D eigenvalue weighted by Gasteiger charge is 2.20. The van der Waals surface area contributed by atoms with E-state index in [9.17, 15) is 13.6 Å². The van der Waals surface area contributed by atoms with Crippen LogP contribution in [0, 0.1) is 17.6 Å². The molecule has 0 saturated carbocycles. The van der Waals surface area contributed by atoms with E-state index in [-0.39, 0.29) is 24.2 Å². The van der Waals surface area contributed by atoms with Crippen molar-refractivity contribution in [3.63, 3.8) is 0 Å². The first kappa shape index (κ1) is 16.9. The van der Waals surface area contributed by atoms with Crippen LogP contribution in [0.25, 0.3) is 0 Å². The lowest BCUT2D eigenvalue weighted by Gasteiger charge is -2.21. The smallest absolute Gasteiger partial charge is 0.223 e. The average molecular weight is 305 g/mol. The van der Waals surface area contributed by atoms with Gasteiger partial charge in [0.15, 0.2) is 0 Å². The van der Waals surface area contributed by atoms with Crippen LogP contribution in [0.5, 0.6) is 0 Å². The topological polar surface area (TPSA) is 41.1 Å². The van der Waals surface area contributed by atoms with E-state index >= 15 is 0 Å². The Hall–Kier alpha value is -1.20. The molecular formula is C14H19ClF2N2O. The summed E-state index contributed by atoms with van der Waals surface area (Å²) in [7, 11) is 0. The van der Waals surface area contributed by atoms with Gasteiger partial charge in [0.1, 0.15) is 11.6 Å². The maximum absolute atomic E-state index is 13.0. The number of amides is 1. The van der Waals surface area contributed by atoms with Crippen molar-refractivity contribution >= 4 is 18.3 Å². The second kappa shape index (κ2) is 8.17. The van der Waals surface area contributed by atoms with Crippen LogP contribution in [0.15, 0.2) is 18.2 Å². The molecule has 2 N–H and O–H groups in total. The summed E-state index contributed by atoms with van der Waals surface area (Å²) in [4.78, 5) is 11.8. The van der Waals surface area contributed by atoms with Crippen molar-refractivity contribution in [2.75, 3.05) is 19.6 Å². The fourth-order valence-corrected chi connectivity index (χ4v) is 2.31. The third-order valence-electron chi connectivity index (χ3n) is 3.35. The first-order chi connectivity index (χ1) is 9.15. The summed E-state index contributed by atoms with van der Waals surface area (Å²) in [5.41, 5.74) is 0.558. The zero-order valence-electron chi connectivity index (χ0n) is 11.1. The third kappa shape index (κ3) is 5.06. The predicted octanol–water partition coefficient (Wildman–Crippen LogP) is 2.04. The summed E-state index contributed by atoms with van der Waals surface area (Å²) in [6.45, 7) is 2.14. The Balaban J connectivity index is 0.00000200. The van der Waals surface area contributed by atoms with Crippen molar-refractivity contribution in [2.24, 2.45) is 5.92 Å². The molecule has 1 aliphatic heterocycles. The second-order valence-corrected chi connectivity index (χ2v) is 4.84. The molecule has 1 saturated heterocycles. The molecule has 0 aromatic heterocycles. The van der Waals surface area contributed by atoms with E-state index in [0.29, 0.717) is 18.5 Å². The summed E-state index contributed by atoms with van der Waals surface area (Å²) in [5.74, 6) is -1.07. The SMILES string of the molecule is Cl.O=C(NCCc1cc(F)cc(F)c1)C1CCNCC1. The monoisotopic (exact) mass is 304 g/mol. The molecule has 6 heteroatoms. The molecule has 20 heavy (non-hydrogen) atoms. The van der Waals surface area contributed by atoms with E-state index in [1.807, 2.05) is 0 Å². The molecular weight excluding hydrogens is 286 g/mol. The quantitative estimate of drug-likeness (QED) is 0.894. The summed E-state index contributed by atoms with van der Waals surface area (Å²) < 4.78 is 25.9. The fraction of sp³-hybridized carbons (Fsp3) is 0.500. The first-order valence-corrected chi connectivity index (χ1v) is 6.58. The van der Waals surface area contributed by atoms with Crippen molar-refractivity contribution in [3.05, 3.63) is 35.4 Å². The Kier molecular flexibility index (Phi) is 6.88. The average Bonchev–Trinajstić information content (AvgIpc) is 2.38. The summed E-state index contributed by atoms with van der Waals surface area (Å²) in [6, 6.07) is 3.43. The van der Waals surface area contributed by atoms with Gasteiger partial charge < -0.3 is 10.6 Å². The van der Waals surface area contributed by atoms with Crippen LogP contribution in [0.3, 0.4) is 0 Å². The van der Waals surface area contributed by atoms with E-state index in [1.165, 1.54) is 12.1 Å². The highest BCUT2D eigenvalue weighted by molar-refractivity contribution is 5.85. The van der Waals surface area contributed by atoms with Gasteiger partial charge in [-0.05, 0) is 50.0 Å². The summed E-state index contributed by atoms with van der Waals surface area (Å²) in [6.07, 6.45) is 2.13. The van der Waals surface area contributed by atoms with Crippen LogP contribution >= 0.6 is 12.4 Å². The van der Waals surface area contributed by atoms with Crippen molar-refractivity contribution in [3.8, 4) is 0 Å². The maximum atomic E-state index is 13.0. The minimum absolute atomic E-state index is 0. The molecule has 2 rings (SSSR count). The molecule has 0 atom stereocenters. The molecule has 0 bridgehead atoms. The van der Waals surface area contributed by atoms with Crippen LogP contribution in [0.4, 0.5) is 8.78 Å². The summed E-state index contributed by atoms with van der Waals surface area (Å²) in [5, 5.41) is 6.03. The number of benzene rings is 1. The highest BCUT2D eigenvalue weighted by Crippen LogP contribution is 2.12. The van der Waals surface area contributed by atoms with E-state index < -0.39 is 11.6 Å². The lowest BCUT2D eigenvalue weighted by molar-refractivity contribution is -0.125. The van der Waals surface area contributed by atoms with E-state index in [2.05, 4.69) is 10.6 Å². The molecule has 0 aliphatic carbocycles. The lowest BCUT2D eigenvalue weighted by atomic mass is 9.97. The molecule has 0 spiro atoms. The molecule has 1 aliphatic rings. The van der Waals surface area contributed by atoms with Crippen LogP contribution in [-0.2, 0) is 11.2 Å². The van der Waals surface area contributed by atoms with E-state index in [0.717, 1.165) is 32.0 Å². The van der Waals surface area contributed by atoms with E-state index in [1.54, 1.807) is 0 Å². The molecule has 0 unspecified atom stereocenters. The van der Waals surface area contributed by atoms with Gasteiger partial charge in [-0.25, -0.2) is 8.78 Å². The molecule has 3 nitrogen and oxygen atoms in total. The predicted molar refractivity (Wildman–Crippen MR) is 75.9 cm³/mol. The van der Waals surface area contributed by atoms with Crippen molar-refractivity contribution in [1.82, 2.24) is 10.6 Å². The largest absolute Gasteiger partial charge is 0.356 e. The Morgan fingerprint density at radius 3 is 2.40 bits per heavy atom. The molecule has 1 aromatic carbocycles. The molecule has 1 aromatic rings. The number of halogens is 3. The molecule has 0 radical (unpaired) electrons. The highest BCUT2D eigenvalue weighted by atomic mass is 35.5. The Morgan fingerprint density at radius 2 is 1.80 bits per heavy atom. The number of rotatable bonds is 4. The normalized spacial score (nSPS) is 15.5. The van der Waals surface area contributed by atoms with Crippen molar-refractivity contribution in [2.45, 2.75) is 19.3 Å². The Bertz CT molecular complexity index is 431. The van der Waals surface area contributed by atoms with Crippen LogP contribution in [-0.4, -0.2) is 25.5 Å². The van der Waals surface area contributed by atoms with Crippen LogP contribution in [0.1, 0.15) is 18.4 Å². The third-order valence-corrected chi connectivity index (χ3v) is 3.35. The molecule has 112 valence electrons. The maximum Gasteiger partial charge on any atom is 0.223 e. The Labute approximate surface area is 123 Å². The zero-order chi connectivity index (χ0) is 13.7. The number of piperidine rings is 1. The molecule has 1 amide bonds. The van der Waals surface area contributed by atoms with Gasteiger partial charge in [-0.3, -0.25) is 4.79 Å². The minimum atomic E-state index is -0.584. The van der Waals surface area contributed by atoms with Gasteiger partial charge in [0, 0.05) is 18.5 Å². The Morgan fingerprint density at radius 1 is 1.20 bits per heavy atom. The van der Waals surface area contributed by atoms with Crippen LogP contribution in [0.2, 0.25) is 0 Å². The number of hydrogen-bond acceptors (Lipinski definition) is 2. The lowest BCUT2D eigenvalue weighted by Crippen LogP contribution is -2.38. The van der Waals surface area contributed by atoms with Crippen molar-refractivity contribution < 1.29 is 13.6 Å². The number of hydrogen-bond donors (Lipinski definition) is 2. The van der Waals surface area contributed by atoms with Gasteiger partial charge in [0.05, 0.1) is 0 Å². The van der Waals surface area contributed by atoms with Crippen LogP contribution < -0.4 is 10.6 Å². The van der Waals surface area contributed by atoms with E-state index in [4.69, 9.17) is 0 Å². The summed E-state index contributed by atoms with van der Waals surface area (Å²) >= 11 is 0. The molecule has 1 heterocycles. The second-order valence-electron chi connectivity index (χ2n) is 4.84. The number of nitrogens with one attached hydrogen (secondary N) is 2. The van der Waals surface area contributed by atoms with Gasteiger partial charge in [0.25, 0.3) is 0 Å². The minimum Gasteiger partial charge on any atom is -0.356 e. The van der Waals surface area contributed by atoms with Crippen molar-refractivity contribution in [1.29, 1.82) is 0 Å². The standard InChI is InChI=1S/C14H18F2N2O.ClH/c15-12-7-10(8-13(16)9-12)1-6-18-14(19)11-2-4-17-5-3-11;/h7-9,11,17H,1-6H2,(H,18,19);1H. The van der Waals surface area contributed by atoms with Gasteiger partial charge in [-0.1, -0.05) is 0 Å². The van der Waals surface area contributed by atoms with Gasteiger partial charge in [-0.15, -0.1) is 12.4 Å². The van der Waals surface area contributed by atoms with Gasteiger partial charge in [-0.2, -0.15) is 0 Å². The first-order valence-electron chi connectivity index (χ1n) is 6.58.